The number of pyridine rings is 1. The Hall–Kier alpha value is -2.86. The third-order valence-electron chi connectivity index (χ3n) is 5.22. The van der Waals surface area contributed by atoms with Crippen LogP contribution in [0.3, 0.4) is 0 Å². The van der Waals surface area contributed by atoms with Gasteiger partial charge in [0.25, 0.3) is 11.5 Å². The first-order valence-electron chi connectivity index (χ1n) is 8.99. The highest BCUT2D eigenvalue weighted by Gasteiger charge is 2.28. The number of rotatable bonds is 3. The fourth-order valence-electron chi connectivity index (χ4n) is 3.79. The van der Waals surface area contributed by atoms with Gasteiger partial charge in [-0.25, -0.2) is 4.39 Å². The first-order chi connectivity index (χ1) is 13.4. The number of carbonyl (C=O) groups excluding carboxylic acids is 1. The number of benzene rings is 2. The second-order valence-corrected chi connectivity index (χ2v) is 7.43. The summed E-state index contributed by atoms with van der Waals surface area (Å²) in [5.74, 6) is -1.74. The topological polar surface area (TPSA) is 71.3 Å². The summed E-state index contributed by atoms with van der Waals surface area (Å²) < 4.78 is 15.5. The van der Waals surface area contributed by atoms with Crippen LogP contribution < -0.4 is 10.9 Å². The van der Waals surface area contributed by atoms with Gasteiger partial charge in [-0.2, -0.15) is 0 Å². The molecule has 0 saturated heterocycles. The van der Waals surface area contributed by atoms with Crippen LogP contribution in [0.2, 0.25) is 5.02 Å². The maximum atomic E-state index is 14.1. The normalized spacial score (nSPS) is 15.6. The van der Waals surface area contributed by atoms with E-state index in [0.717, 1.165) is 6.07 Å². The molecule has 3 aromatic rings. The van der Waals surface area contributed by atoms with Crippen LogP contribution in [0.4, 0.5) is 4.39 Å². The number of hydrogen-bond acceptors (Lipinski definition) is 3. The molecule has 0 fully saturated rings. The molecule has 1 unspecified atom stereocenters. The van der Waals surface area contributed by atoms with Crippen LogP contribution in [0.1, 0.15) is 40.9 Å². The summed E-state index contributed by atoms with van der Waals surface area (Å²) >= 11 is 6.10. The number of halogens is 2. The van der Waals surface area contributed by atoms with Crippen LogP contribution in [0, 0.1) is 5.82 Å². The average Bonchev–Trinajstić information content (AvgIpc) is 2.66. The molecule has 1 aliphatic rings. The van der Waals surface area contributed by atoms with Crippen molar-refractivity contribution in [3.63, 3.8) is 0 Å². The van der Waals surface area contributed by atoms with Crippen LogP contribution >= 0.6 is 11.6 Å². The van der Waals surface area contributed by atoms with Gasteiger partial charge in [-0.3, -0.25) is 9.59 Å². The van der Waals surface area contributed by atoms with Gasteiger partial charge in [0.2, 0.25) is 0 Å². The molecule has 5 nitrogen and oxygen atoms in total. The highest BCUT2D eigenvalue weighted by atomic mass is 35.5. The van der Waals surface area contributed by atoms with E-state index in [1.807, 2.05) is 6.92 Å². The summed E-state index contributed by atoms with van der Waals surface area (Å²) in [7, 11) is 0. The van der Waals surface area contributed by atoms with Gasteiger partial charge in [0.15, 0.2) is 0 Å². The van der Waals surface area contributed by atoms with Crippen molar-refractivity contribution in [1.82, 2.24) is 9.88 Å². The van der Waals surface area contributed by atoms with E-state index in [0.29, 0.717) is 34.5 Å². The Balaban J connectivity index is 1.83. The van der Waals surface area contributed by atoms with E-state index >= 15 is 0 Å². The lowest BCUT2D eigenvalue weighted by molar-refractivity contribution is 0.0946. The average molecular weight is 401 g/mol. The molecular weight excluding hydrogens is 383 g/mol. The van der Waals surface area contributed by atoms with E-state index in [-0.39, 0.29) is 23.5 Å². The Morgan fingerprint density at radius 2 is 2.11 bits per heavy atom. The van der Waals surface area contributed by atoms with Gasteiger partial charge in [-0.1, -0.05) is 29.8 Å². The molecule has 2 N–H and O–H groups in total. The molecule has 0 aliphatic carbocycles. The summed E-state index contributed by atoms with van der Waals surface area (Å²) in [5, 5.41) is 13.9. The van der Waals surface area contributed by atoms with Crippen LogP contribution in [-0.4, -0.2) is 15.6 Å². The molecule has 1 aliphatic heterocycles. The van der Waals surface area contributed by atoms with Crippen molar-refractivity contribution in [2.75, 3.05) is 0 Å². The van der Waals surface area contributed by atoms with Crippen molar-refractivity contribution < 1.29 is 14.3 Å². The van der Waals surface area contributed by atoms with Crippen molar-refractivity contribution in [3.8, 4) is 5.75 Å². The van der Waals surface area contributed by atoms with Crippen LogP contribution in [0.5, 0.6) is 5.75 Å². The fourth-order valence-corrected chi connectivity index (χ4v) is 4.00. The van der Waals surface area contributed by atoms with Gasteiger partial charge >= 0.3 is 0 Å². The summed E-state index contributed by atoms with van der Waals surface area (Å²) in [5.41, 5.74) is 0.862. The van der Waals surface area contributed by atoms with Crippen LogP contribution in [0.15, 0.2) is 41.2 Å². The van der Waals surface area contributed by atoms with E-state index in [9.17, 15) is 19.1 Å². The largest absolute Gasteiger partial charge is 0.506 e. The number of amides is 1. The Labute approximate surface area is 165 Å². The van der Waals surface area contributed by atoms with E-state index in [4.69, 9.17) is 11.6 Å². The molecule has 28 heavy (non-hydrogen) atoms. The number of nitrogens with zero attached hydrogens (tertiary/aromatic N) is 1. The zero-order valence-corrected chi connectivity index (χ0v) is 15.9. The van der Waals surface area contributed by atoms with Crippen LogP contribution in [-0.2, 0) is 13.0 Å². The highest BCUT2D eigenvalue weighted by molar-refractivity contribution is 6.31. The third kappa shape index (κ3) is 2.94. The maximum Gasteiger partial charge on any atom is 0.267 e. The van der Waals surface area contributed by atoms with Gasteiger partial charge in [0, 0.05) is 23.0 Å². The molecule has 1 aromatic heterocycles. The summed E-state index contributed by atoms with van der Waals surface area (Å²) in [6, 6.07) is 9.38. The van der Waals surface area contributed by atoms with Gasteiger partial charge in [0.05, 0.1) is 5.52 Å². The fraction of sp³-hybridized carbons (Fsp3) is 0.238. The number of aromatic hydroxyl groups is 1. The van der Waals surface area contributed by atoms with Crippen LogP contribution in [0.25, 0.3) is 10.9 Å². The molecule has 0 radical (unpaired) electrons. The van der Waals surface area contributed by atoms with Gasteiger partial charge in [-0.05, 0) is 49.1 Å². The van der Waals surface area contributed by atoms with Crippen molar-refractivity contribution in [1.29, 1.82) is 0 Å². The van der Waals surface area contributed by atoms with Crippen molar-refractivity contribution in [2.45, 2.75) is 32.4 Å². The second-order valence-electron chi connectivity index (χ2n) is 7.02. The SMILES string of the molecule is CC1CCc2cc(F)cc3c(O)c(C(=O)NCc4ccccc4Cl)c(=O)n1c23. The molecule has 0 bridgehead atoms. The lowest BCUT2D eigenvalue weighted by Crippen LogP contribution is -2.36. The molecule has 0 saturated carbocycles. The van der Waals surface area contributed by atoms with Crippen molar-refractivity contribution in [2.24, 2.45) is 0 Å². The first kappa shape index (κ1) is 18.5. The van der Waals surface area contributed by atoms with E-state index < -0.39 is 23.0 Å². The Morgan fingerprint density at radius 3 is 2.86 bits per heavy atom. The molecule has 1 amide bonds. The summed E-state index contributed by atoms with van der Waals surface area (Å²) in [6.07, 6.45) is 1.25. The standard InChI is InChI=1S/C21H18ClFN2O3/c1-11-6-7-12-8-14(23)9-15-18(12)25(11)21(28)17(19(15)26)20(27)24-10-13-4-2-3-5-16(13)22/h2-5,8-9,11,26H,6-7,10H2,1H3,(H,24,27). The summed E-state index contributed by atoms with van der Waals surface area (Å²) in [4.78, 5) is 25.8. The van der Waals surface area contributed by atoms with E-state index in [2.05, 4.69) is 5.32 Å². The number of carbonyl (C=O) groups is 1. The van der Waals surface area contributed by atoms with Crippen molar-refractivity contribution in [3.05, 3.63) is 74.3 Å². The van der Waals surface area contributed by atoms with E-state index in [1.165, 1.54) is 10.6 Å². The molecule has 0 spiro atoms. The Morgan fingerprint density at radius 1 is 1.36 bits per heavy atom. The predicted molar refractivity (Wildman–Crippen MR) is 105 cm³/mol. The third-order valence-corrected chi connectivity index (χ3v) is 5.58. The Bertz CT molecular complexity index is 1170. The monoisotopic (exact) mass is 400 g/mol. The van der Waals surface area contributed by atoms with E-state index in [1.54, 1.807) is 24.3 Å². The molecule has 1 atom stereocenters. The number of aromatic nitrogens is 1. The zero-order chi connectivity index (χ0) is 20.0. The number of aryl methyl sites for hydroxylation is 1. The Kier molecular flexibility index (Phi) is 4.59. The van der Waals surface area contributed by atoms with Crippen molar-refractivity contribution >= 4 is 28.4 Å². The molecule has 7 heteroatoms. The number of hydrogen-bond donors (Lipinski definition) is 2. The van der Waals surface area contributed by atoms with Gasteiger partial charge in [-0.15, -0.1) is 0 Å². The summed E-state index contributed by atoms with van der Waals surface area (Å²) in [6.45, 7) is 1.97. The van der Waals surface area contributed by atoms with Gasteiger partial charge in [0.1, 0.15) is 17.1 Å². The zero-order valence-electron chi connectivity index (χ0n) is 15.1. The smallest absolute Gasteiger partial charge is 0.267 e. The molecular formula is C21H18ClFN2O3. The lowest BCUT2D eigenvalue weighted by Gasteiger charge is -2.26. The first-order valence-corrected chi connectivity index (χ1v) is 9.37. The number of nitrogens with one attached hydrogen (secondary N) is 1. The second kappa shape index (κ2) is 6.95. The van der Waals surface area contributed by atoms with Gasteiger partial charge < -0.3 is 15.0 Å². The quantitative estimate of drug-likeness (QED) is 0.699. The minimum atomic E-state index is -0.725. The predicted octanol–water partition coefficient (Wildman–Crippen LogP) is 3.94. The minimum Gasteiger partial charge on any atom is -0.506 e. The maximum absolute atomic E-state index is 14.1. The molecule has 2 heterocycles. The highest BCUT2D eigenvalue weighted by Crippen LogP contribution is 2.35. The minimum absolute atomic E-state index is 0.0966. The molecule has 4 rings (SSSR count). The lowest BCUT2D eigenvalue weighted by atomic mass is 9.95. The molecule has 144 valence electrons. The molecule has 2 aromatic carbocycles.